The van der Waals surface area contributed by atoms with Gasteiger partial charge in [0.15, 0.2) is 0 Å². The Morgan fingerprint density at radius 3 is 2.15 bits per heavy atom. The van der Waals surface area contributed by atoms with Crippen molar-refractivity contribution in [2.75, 3.05) is 0 Å². The van der Waals surface area contributed by atoms with Gasteiger partial charge < -0.3 is 0 Å². The Kier molecular flexibility index (Phi) is 3.29. The molecule has 0 fully saturated rings. The number of benzene rings is 4. The number of rotatable bonds is 1. The normalized spacial score (nSPS) is 14.3. The smallest absolute Gasteiger partial charge is 0.0484 e. The molecule has 1 aliphatic carbocycles. The van der Waals surface area contributed by atoms with Crippen molar-refractivity contribution in [1.29, 1.82) is 0 Å². The van der Waals surface area contributed by atoms with Crippen LogP contribution in [0.1, 0.15) is 25.0 Å². The first-order valence-corrected chi connectivity index (χ1v) is 9.37. The van der Waals surface area contributed by atoms with Gasteiger partial charge >= 0.3 is 0 Å². The SMILES string of the molecule is CC1(C)c2ccccc2-c2cc3c(-c4ccccc4)ccc(Cl)c3cc21. The van der Waals surface area contributed by atoms with Crippen molar-refractivity contribution >= 4 is 22.4 Å². The van der Waals surface area contributed by atoms with Gasteiger partial charge in [0.25, 0.3) is 0 Å². The predicted molar refractivity (Wildman–Crippen MR) is 112 cm³/mol. The Morgan fingerprint density at radius 2 is 1.35 bits per heavy atom. The molecule has 26 heavy (non-hydrogen) atoms. The molecule has 0 saturated carbocycles. The summed E-state index contributed by atoms with van der Waals surface area (Å²) in [6.45, 7) is 4.61. The highest BCUT2D eigenvalue weighted by molar-refractivity contribution is 6.36. The molecule has 5 rings (SSSR count). The van der Waals surface area contributed by atoms with E-state index in [0.717, 1.165) is 10.4 Å². The van der Waals surface area contributed by atoms with Gasteiger partial charge in [-0.3, -0.25) is 0 Å². The van der Waals surface area contributed by atoms with E-state index in [2.05, 4.69) is 86.6 Å². The second-order valence-corrected chi connectivity index (χ2v) is 7.98. The van der Waals surface area contributed by atoms with Crippen molar-refractivity contribution in [3.63, 3.8) is 0 Å². The second kappa shape index (κ2) is 5.46. The molecular weight excluding hydrogens is 336 g/mol. The second-order valence-electron chi connectivity index (χ2n) is 7.57. The molecule has 0 N–H and O–H groups in total. The number of halogens is 1. The van der Waals surface area contributed by atoms with Gasteiger partial charge in [0.05, 0.1) is 0 Å². The lowest BCUT2D eigenvalue weighted by Gasteiger charge is -2.22. The molecule has 4 aromatic carbocycles. The van der Waals surface area contributed by atoms with E-state index in [0.29, 0.717) is 0 Å². The van der Waals surface area contributed by atoms with Crippen LogP contribution in [-0.2, 0) is 5.41 Å². The Labute approximate surface area is 159 Å². The summed E-state index contributed by atoms with van der Waals surface area (Å²) in [5, 5.41) is 3.16. The average Bonchev–Trinajstić information content (AvgIpc) is 2.89. The van der Waals surface area contributed by atoms with Crippen LogP contribution < -0.4 is 0 Å². The van der Waals surface area contributed by atoms with Gasteiger partial charge in [-0.15, -0.1) is 0 Å². The minimum Gasteiger partial charge on any atom is -0.0837 e. The number of hydrogen-bond donors (Lipinski definition) is 0. The molecule has 0 radical (unpaired) electrons. The van der Waals surface area contributed by atoms with Gasteiger partial charge in [-0.1, -0.05) is 86.1 Å². The minimum atomic E-state index is -0.00774. The molecule has 0 aliphatic heterocycles. The van der Waals surface area contributed by atoms with Gasteiger partial charge in [0.2, 0.25) is 0 Å². The maximum atomic E-state index is 6.62. The first-order valence-electron chi connectivity index (χ1n) is 8.99. The molecule has 4 aromatic rings. The molecule has 1 aliphatic rings. The third-order valence-corrected chi connectivity index (χ3v) is 6.08. The zero-order chi connectivity index (χ0) is 17.9. The molecule has 0 aromatic heterocycles. The van der Waals surface area contributed by atoms with E-state index >= 15 is 0 Å². The largest absolute Gasteiger partial charge is 0.0837 e. The molecule has 0 nitrogen and oxygen atoms in total. The summed E-state index contributed by atoms with van der Waals surface area (Å²) in [6, 6.07) is 28.1. The lowest BCUT2D eigenvalue weighted by atomic mass is 9.81. The average molecular weight is 355 g/mol. The minimum absolute atomic E-state index is 0.00774. The van der Waals surface area contributed by atoms with Crippen molar-refractivity contribution in [3.05, 3.63) is 95.0 Å². The Bertz CT molecular complexity index is 1150. The summed E-state index contributed by atoms with van der Waals surface area (Å²) in [5.74, 6) is 0. The van der Waals surface area contributed by atoms with E-state index in [1.54, 1.807) is 0 Å². The molecule has 1 heteroatoms. The van der Waals surface area contributed by atoms with Crippen LogP contribution in [0, 0.1) is 0 Å². The highest BCUT2D eigenvalue weighted by atomic mass is 35.5. The topological polar surface area (TPSA) is 0 Å². The van der Waals surface area contributed by atoms with Crippen molar-refractivity contribution in [3.8, 4) is 22.3 Å². The monoisotopic (exact) mass is 354 g/mol. The zero-order valence-corrected chi connectivity index (χ0v) is 15.6. The Morgan fingerprint density at radius 1 is 0.615 bits per heavy atom. The molecule has 0 spiro atoms. The summed E-state index contributed by atoms with van der Waals surface area (Å²) < 4.78 is 0. The lowest BCUT2D eigenvalue weighted by Crippen LogP contribution is -2.14. The summed E-state index contributed by atoms with van der Waals surface area (Å²) in [4.78, 5) is 0. The summed E-state index contributed by atoms with van der Waals surface area (Å²) in [5.41, 5.74) is 7.87. The molecule has 0 heterocycles. The van der Waals surface area contributed by atoms with Crippen molar-refractivity contribution in [1.82, 2.24) is 0 Å². The Hall–Kier alpha value is -2.57. The molecule has 0 bridgehead atoms. The predicted octanol–water partition coefficient (Wildman–Crippen LogP) is 7.47. The maximum Gasteiger partial charge on any atom is 0.0484 e. The van der Waals surface area contributed by atoms with E-state index in [1.165, 1.54) is 38.8 Å². The number of fused-ring (bicyclic) bond motifs is 4. The van der Waals surface area contributed by atoms with Gasteiger partial charge in [0, 0.05) is 15.8 Å². The highest BCUT2D eigenvalue weighted by Gasteiger charge is 2.35. The molecule has 126 valence electrons. The van der Waals surface area contributed by atoms with Crippen LogP contribution >= 0.6 is 11.6 Å². The third-order valence-electron chi connectivity index (χ3n) is 5.75. The van der Waals surface area contributed by atoms with Crippen LogP contribution in [0.5, 0.6) is 0 Å². The summed E-state index contributed by atoms with van der Waals surface area (Å²) in [7, 11) is 0. The molecule has 0 amide bonds. The van der Waals surface area contributed by atoms with Crippen LogP contribution in [-0.4, -0.2) is 0 Å². The van der Waals surface area contributed by atoms with Crippen molar-refractivity contribution < 1.29 is 0 Å². The fourth-order valence-electron chi connectivity index (χ4n) is 4.37. The standard InChI is InChI=1S/C25H19Cl/c1-25(2)22-11-7-6-10-18(22)20-14-19-17(16-8-4-3-5-9-16)12-13-24(26)21(19)15-23(20)25/h3-15H,1-2H3. The quantitative estimate of drug-likeness (QED) is 0.332. The highest BCUT2D eigenvalue weighted by Crippen LogP contribution is 2.51. The van der Waals surface area contributed by atoms with Crippen LogP contribution in [0.15, 0.2) is 78.9 Å². The van der Waals surface area contributed by atoms with Gasteiger partial charge in [-0.25, -0.2) is 0 Å². The van der Waals surface area contributed by atoms with Crippen LogP contribution in [0.3, 0.4) is 0 Å². The van der Waals surface area contributed by atoms with E-state index in [4.69, 9.17) is 11.6 Å². The van der Waals surface area contributed by atoms with Crippen LogP contribution in [0.25, 0.3) is 33.0 Å². The first kappa shape index (κ1) is 15.7. The van der Waals surface area contributed by atoms with E-state index in [9.17, 15) is 0 Å². The summed E-state index contributed by atoms with van der Waals surface area (Å²) in [6.07, 6.45) is 0. The van der Waals surface area contributed by atoms with Crippen molar-refractivity contribution in [2.24, 2.45) is 0 Å². The lowest BCUT2D eigenvalue weighted by molar-refractivity contribution is 0.661. The van der Waals surface area contributed by atoms with Crippen LogP contribution in [0.4, 0.5) is 0 Å². The van der Waals surface area contributed by atoms with Gasteiger partial charge in [-0.05, 0) is 57.0 Å². The first-order chi connectivity index (χ1) is 12.6. The van der Waals surface area contributed by atoms with Crippen molar-refractivity contribution in [2.45, 2.75) is 19.3 Å². The van der Waals surface area contributed by atoms with Gasteiger partial charge in [-0.2, -0.15) is 0 Å². The van der Waals surface area contributed by atoms with Crippen LogP contribution in [0.2, 0.25) is 5.02 Å². The third kappa shape index (κ3) is 2.09. The molecule has 0 atom stereocenters. The fraction of sp³-hybridized carbons (Fsp3) is 0.120. The van der Waals surface area contributed by atoms with E-state index in [1.807, 2.05) is 6.07 Å². The Balaban J connectivity index is 1.89. The van der Waals surface area contributed by atoms with E-state index in [-0.39, 0.29) is 5.41 Å². The fourth-order valence-corrected chi connectivity index (χ4v) is 4.59. The molecule has 0 saturated heterocycles. The zero-order valence-electron chi connectivity index (χ0n) is 14.9. The van der Waals surface area contributed by atoms with E-state index < -0.39 is 0 Å². The maximum absolute atomic E-state index is 6.62. The molecular formula is C25H19Cl. The van der Waals surface area contributed by atoms with Gasteiger partial charge in [0.1, 0.15) is 0 Å². The summed E-state index contributed by atoms with van der Waals surface area (Å²) >= 11 is 6.62. The number of hydrogen-bond acceptors (Lipinski definition) is 0. The molecule has 0 unspecified atom stereocenters.